The minimum Gasteiger partial charge on any atom is -0.385 e. The number of rotatable bonds is 1. The summed E-state index contributed by atoms with van der Waals surface area (Å²) < 4.78 is 9.48. The van der Waals surface area contributed by atoms with Crippen molar-refractivity contribution in [2.75, 3.05) is 20.8 Å². The average molecular weight is 148 g/mol. The summed E-state index contributed by atoms with van der Waals surface area (Å²) in [7, 11) is 3.39. The number of ether oxygens (including phenoxy) is 2. The molecule has 2 nitrogen and oxygen atoms in total. The molecule has 0 unspecified atom stereocenters. The third kappa shape index (κ3) is 24.7. The van der Waals surface area contributed by atoms with Crippen molar-refractivity contribution in [2.45, 2.75) is 33.3 Å². The van der Waals surface area contributed by atoms with E-state index in [1.165, 1.54) is 0 Å². The molecule has 0 bridgehead atoms. The number of methoxy groups -OCH3 is 2. The molecule has 0 fully saturated rings. The van der Waals surface area contributed by atoms with Gasteiger partial charge in [0.15, 0.2) is 0 Å². The van der Waals surface area contributed by atoms with E-state index < -0.39 is 0 Å². The van der Waals surface area contributed by atoms with Gasteiger partial charge in [-0.2, -0.15) is 0 Å². The van der Waals surface area contributed by atoms with Crippen molar-refractivity contribution >= 4 is 0 Å². The van der Waals surface area contributed by atoms with Gasteiger partial charge in [0, 0.05) is 20.8 Å². The molecule has 10 heavy (non-hydrogen) atoms. The van der Waals surface area contributed by atoms with Gasteiger partial charge in [0.1, 0.15) is 0 Å². The highest BCUT2D eigenvalue weighted by molar-refractivity contribution is 4.55. The average Bonchev–Trinajstić information content (AvgIpc) is 1.87. The first-order valence-corrected chi connectivity index (χ1v) is 3.52. The smallest absolute Gasteiger partial charge is 0.0594 e. The fourth-order valence-corrected chi connectivity index (χ4v) is 0. The largest absolute Gasteiger partial charge is 0.385 e. The molecule has 0 atom stereocenters. The predicted molar refractivity (Wildman–Crippen MR) is 44.3 cm³/mol. The Balaban J connectivity index is 0. The van der Waals surface area contributed by atoms with Crippen molar-refractivity contribution in [3.8, 4) is 0 Å². The standard InChI is InChI=1S/C5H12O.C3H8O/c1-5(2,3)6-4;1-3-4-2/h1-4H3;3H2,1-2H3. The maximum atomic E-state index is 4.94. The molecule has 0 rings (SSSR count). The van der Waals surface area contributed by atoms with E-state index in [2.05, 4.69) is 4.74 Å². The minimum atomic E-state index is 0.0417. The molecular formula is C8H20O2. The van der Waals surface area contributed by atoms with E-state index >= 15 is 0 Å². The third-order valence-electron chi connectivity index (χ3n) is 0.901. The Morgan fingerprint density at radius 1 is 1.10 bits per heavy atom. The summed E-state index contributed by atoms with van der Waals surface area (Å²) in [6.07, 6.45) is 0. The summed E-state index contributed by atoms with van der Waals surface area (Å²) in [5, 5.41) is 0. The Bertz CT molecular complexity index is 52.8. The fourth-order valence-electron chi connectivity index (χ4n) is 0. The summed E-state index contributed by atoms with van der Waals surface area (Å²) in [5.41, 5.74) is 0.0417. The number of hydrogen-bond acceptors (Lipinski definition) is 2. The lowest BCUT2D eigenvalue weighted by Gasteiger charge is -2.14. The molecule has 0 radical (unpaired) electrons. The van der Waals surface area contributed by atoms with Crippen molar-refractivity contribution < 1.29 is 9.47 Å². The molecule has 0 aliphatic carbocycles. The van der Waals surface area contributed by atoms with Crippen LogP contribution in [0.3, 0.4) is 0 Å². The maximum absolute atomic E-state index is 4.94. The zero-order chi connectivity index (χ0) is 8.62. The third-order valence-corrected chi connectivity index (χ3v) is 0.901. The van der Waals surface area contributed by atoms with E-state index in [0.29, 0.717) is 0 Å². The predicted octanol–water partition coefficient (Wildman–Crippen LogP) is 2.08. The monoisotopic (exact) mass is 148 g/mol. The van der Waals surface area contributed by atoms with E-state index in [9.17, 15) is 0 Å². The molecule has 2 heteroatoms. The second-order valence-corrected chi connectivity index (χ2v) is 2.89. The SMILES string of the molecule is CCOC.COC(C)(C)C. The van der Waals surface area contributed by atoms with E-state index in [-0.39, 0.29) is 5.60 Å². The van der Waals surface area contributed by atoms with Crippen LogP contribution in [-0.2, 0) is 9.47 Å². The summed E-state index contributed by atoms with van der Waals surface area (Å²) in [4.78, 5) is 0. The molecule has 0 N–H and O–H groups in total. The van der Waals surface area contributed by atoms with Crippen LogP contribution in [0, 0.1) is 0 Å². The van der Waals surface area contributed by atoms with Crippen LogP contribution in [0.1, 0.15) is 27.7 Å². The van der Waals surface area contributed by atoms with Crippen molar-refractivity contribution in [3.05, 3.63) is 0 Å². The topological polar surface area (TPSA) is 18.5 Å². The molecule has 0 heterocycles. The van der Waals surface area contributed by atoms with Gasteiger partial charge in [-0.05, 0) is 27.7 Å². The molecule has 0 saturated carbocycles. The zero-order valence-corrected chi connectivity index (χ0v) is 8.02. The molecule has 0 aliphatic heterocycles. The van der Waals surface area contributed by atoms with Gasteiger partial charge >= 0.3 is 0 Å². The van der Waals surface area contributed by atoms with Crippen molar-refractivity contribution in [2.24, 2.45) is 0 Å². The molecule has 0 aromatic rings. The van der Waals surface area contributed by atoms with Gasteiger partial charge in [-0.3, -0.25) is 0 Å². The molecule has 64 valence electrons. The quantitative estimate of drug-likeness (QED) is 0.567. The lowest BCUT2D eigenvalue weighted by Crippen LogP contribution is -2.15. The highest BCUT2D eigenvalue weighted by Gasteiger charge is 2.03. The van der Waals surface area contributed by atoms with Crippen LogP contribution in [0.2, 0.25) is 0 Å². The minimum absolute atomic E-state index is 0.0417. The second-order valence-electron chi connectivity index (χ2n) is 2.89. The van der Waals surface area contributed by atoms with E-state index in [4.69, 9.17) is 4.74 Å². The molecule has 0 aromatic heterocycles. The van der Waals surface area contributed by atoms with Gasteiger partial charge in [0.05, 0.1) is 5.60 Å². The first-order valence-electron chi connectivity index (χ1n) is 3.52. The van der Waals surface area contributed by atoms with Crippen LogP contribution < -0.4 is 0 Å². The van der Waals surface area contributed by atoms with Crippen LogP contribution in [0.15, 0.2) is 0 Å². The van der Waals surface area contributed by atoms with Gasteiger partial charge in [-0.1, -0.05) is 0 Å². The lowest BCUT2D eigenvalue weighted by molar-refractivity contribution is 0.0397. The molecular weight excluding hydrogens is 128 g/mol. The molecule has 0 aromatic carbocycles. The van der Waals surface area contributed by atoms with Gasteiger partial charge < -0.3 is 9.47 Å². The fraction of sp³-hybridized carbons (Fsp3) is 1.00. The molecule has 0 saturated heterocycles. The van der Waals surface area contributed by atoms with Gasteiger partial charge in [0.2, 0.25) is 0 Å². The summed E-state index contributed by atoms with van der Waals surface area (Å²) in [6.45, 7) is 8.84. The van der Waals surface area contributed by atoms with Crippen LogP contribution in [0.25, 0.3) is 0 Å². The van der Waals surface area contributed by atoms with E-state index in [0.717, 1.165) is 6.61 Å². The highest BCUT2D eigenvalue weighted by atomic mass is 16.5. The summed E-state index contributed by atoms with van der Waals surface area (Å²) in [5.74, 6) is 0. The Morgan fingerprint density at radius 2 is 1.30 bits per heavy atom. The normalized spacial score (nSPS) is 10.2. The Morgan fingerprint density at radius 3 is 1.30 bits per heavy atom. The van der Waals surface area contributed by atoms with Gasteiger partial charge in [-0.25, -0.2) is 0 Å². The first kappa shape index (κ1) is 12.6. The Kier molecular flexibility index (Phi) is 8.85. The molecule has 0 spiro atoms. The zero-order valence-electron chi connectivity index (χ0n) is 8.02. The Hall–Kier alpha value is -0.0800. The van der Waals surface area contributed by atoms with Crippen LogP contribution in [0.4, 0.5) is 0 Å². The maximum Gasteiger partial charge on any atom is 0.0594 e. The van der Waals surface area contributed by atoms with Crippen molar-refractivity contribution in [1.82, 2.24) is 0 Å². The Labute approximate surface area is 64.5 Å². The van der Waals surface area contributed by atoms with E-state index in [1.807, 2.05) is 27.7 Å². The number of hydrogen-bond donors (Lipinski definition) is 0. The molecule has 0 amide bonds. The van der Waals surface area contributed by atoms with Crippen LogP contribution in [-0.4, -0.2) is 26.4 Å². The second kappa shape index (κ2) is 7.03. The lowest BCUT2D eigenvalue weighted by atomic mass is 10.2. The highest BCUT2D eigenvalue weighted by Crippen LogP contribution is 2.02. The van der Waals surface area contributed by atoms with Crippen LogP contribution >= 0.6 is 0 Å². The van der Waals surface area contributed by atoms with Crippen molar-refractivity contribution in [1.29, 1.82) is 0 Å². The van der Waals surface area contributed by atoms with Crippen molar-refractivity contribution in [3.63, 3.8) is 0 Å². The van der Waals surface area contributed by atoms with Gasteiger partial charge in [-0.15, -0.1) is 0 Å². The molecule has 0 aliphatic rings. The van der Waals surface area contributed by atoms with E-state index in [1.54, 1.807) is 14.2 Å². The summed E-state index contributed by atoms with van der Waals surface area (Å²) in [6, 6.07) is 0. The van der Waals surface area contributed by atoms with Gasteiger partial charge in [0.25, 0.3) is 0 Å². The first-order chi connectivity index (χ1) is 4.47. The summed E-state index contributed by atoms with van der Waals surface area (Å²) >= 11 is 0. The van der Waals surface area contributed by atoms with Crippen LogP contribution in [0.5, 0.6) is 0 Å².